The zero-order chi connectivity index (χ0) is 14.6. The molecule has 0 aromatic heterocycles. The van der Waals surface area contributed by atoms with Gasteiger partial charge >= 0.3 is 0 Å². The largest absolute Gasteiger partial charge is 0.381 e. The number of fused-ring (bicyclic) bond motifs is 5. The molecule has 3 fully saturated rings. The standard InChI is InChI=1S/C19H28O2/c1-19-10-9-15-14-6-4-13(20)11-12(14)3-5-16(15)17(19)7-8-18(19)21-2/h11,14-18H,3-10H2,1-2H3/t14-,15+,16+,17-,18-,19-/m0/s1. The third-order valence-electron chi connectivity index (χ3n) is 7.50. The summed E-state index contributed by atoms with van der Waals surface area (Å²) in [5.41, 5.74) is 1.92. The van der Waals surface area contributed by atoms with Gasteiger partial charge < -0.3 is 4.74 Å². The van der Waals surface area contributed by atoms with Gasteiger partial charge in [-0.05, 0) is 80.1 Å². The smallest absolute Gasteiger partial charge is 0.155 e. The number of carbonyl (C=O) groups is 1. The van der Waals surface area contributed by atoms with Crippen molar-refractivity contribution < 1.29 is 9.53 Å². The zero-order valence-corrected chi connectivity index (χ0v) is 13.4. The van der Waals surface area contributed by atoms with E-state index in [1.807, 2.05) is 13.2 Å². The third kappa shape index (κ3) is 1.98. The van der Waals surface area contributed by atoms with Crippen LogP contribution in [0.2, 0.25) is 0 Å². The van der Waals surface area contributed by atoms with E-state index in [0.717, 1.165) is 36.5 Å². The summed E-state index contributed by atoms with van der Waals surface area (Å²) in [5.74, 6) is 3.71. The molecule has 0 amide bonds. The molecule has 116 valence electrons. The molecule has 0 bridgehead atoms. The number of ether oxygens (including phenoxy) is 1. The molecule has 0 unspecified atom stereocenters. The van der Waals surface area contributed by atoms with Crippen LogP contribution in [0.15, 0.2) is 11.6 Å². The number of allylic oxidation sites excluding steroid dienone is 1. The highest BCUT2D eigenvalue weighted by Gasteiger charge is 2.56. The Hall–Kier alpha value is -0.630. The van der Waals surface area contributed by atoms with Crippen molar-refractivity contribution in [2.75, 3.05) is 7.11 Å². The fourth-order valence-corrected chi connectivity index (χ4v) is 6.52. The Labute approximate surface area is 128 Å². The lowest BCUT2D eigenvalue weighted by Crippen LogP contribution is -2.47. The summed E-state index contributed by atoms with van der Waals surface area (Å²) in [6.07, 6.45) is 12.2. The lowest BCUT2D eigenvalue weighted by Gasteiger charge is -2.53. The Morgan fingerprint density at radius 3 is 2.76 bits per heavy atom. The Bertz CT molecular complexity index is 480. The molecular formula is C19H28O2. The molecule has 0 aromatic carbocycles. The maximum Gasteiger partial charge on any atom is 0.155 e. The number of hydrogen-bond donors (Lipinski definition) is 0. The van der Waals surface area contributed by atoms with Crippen LogP contribution in [0.4, 0.5) is 0 Å². The van der Waals surface area contributed by atoms with Crippen LogP contribution in [0, 0.1) is 29.1 Å². The van der Waals surface area contributed by atoms with Gasteiger partial charge in [-0.2, -0.15) is 0 Å². The maximum absolute atomic E-state index is 11.7. The van der Waals surface area contributed by atoms with Gasteiger partial charge in [-0.15, -0.1) is 0 Å². The van der Waals surface area contributed by atoms with E-state index in [1.165, 1.54) is 44.1 Å². The van der Waals surface area contributed by atoms with Gasteiger partial charge in [0, 0.05) is 13.5 Å². The molecule has 6 atom stereocenters. The quantitative estimate of drug-likeness (QED) is 0.724. The maximum atomic E-state index is 11.7. The minimum Gasteiger partial charge on any atom is -0.381 e. The molecule has 0 aromatic rings. The number of methoxy groups -OCH3 is 1. The highest BCUT2D eigenvalue weighted by Crippen LogP contribution is 2.62. The van der Waals surface area contributed by atoms with E-state index in [2.05, 4.69) is 6.92 Å². The van der Waals surface area contributed by atoms with Gasteiger partial charge in [0.25, 0.3) is 0 Å². The van der Waals surface area contributed by atoms with E-state index in [0.29, 0.717) is 17.3 Å². The fourth-order valence-electron chi connectivity index (χ4n) is 6.52. The average Bonchev–Trinajstić information content (AvgIpc) is 2.83. The van der Waals surface area contributed by atoms with E-state index < -0.39 is 0 Å². The number of ketones is 1. The second-order valence-corrected chi connectivity index (χ2v) is 8.15. The first-order valence-corrected chi connectivity index (χ1v) is 8.89. The van der Waals surface area contributed by atoms with Crippen LogP contribution < -0.4 is 0 Å². The number of hydrogen-bond acceptors (Lipinski definition) is 2. The van der Waals surface area contributed by atoms with E-state index in [-0.39, 0.29) is 0 Å². The molecule has 3 saturated carbocycles. The Kier molecular flexibility index (Phi) is 3.29. The molecule has 2 nitrogen and oxygen atoms in total. The van der Waals surface area contributed by atoms with Crippen molar-refractivity contribution in [2.45, 2.75) is 64.4 Å². The summed E-state index contributed by atoms with van der Waals surface area (Å²) in [6.45, 7) is 2.49. The van der Waals surface area contributed by atoms with Gasteiger partial charge in [0.15, 0.2) is 5.78 Å². The highest BCUT2D eigenvalue weighted by molar-refractivity contribution is 5.91. The summed E-state index contributed by atoms with van der Waals surface area (Å²) in [5, 5.41) is 0. The summed E-state index contributed by atoms with van der Waals surface area (Å²) in [7, 11) is 1.90. The third-order valence-corrected chi connectivity index (χ3v) is 7.50. The highest BCUT2D eigenvalue weighted by atomic mass is 16.5. The van der Waals surface area contributed by atoms with Crippen LogP contribution in [0.3, 0.4) is 0 Å². The Morgan fingerprint density at radius 1 is 1.10 bits per heavy atom. The van der Waals surface area contributed by atoms with E-state index in [1.54, 1.807) is 0 Å². The monoisotopic (exact) mass is 288 g/mol. The molecule has 4 aliphatic carbocycles. The Balaban J connectivity index is 1.61. The van der Waals surface area contributed by atoms with Crippen molar-refractivity contribution in [3.63, 3.8) is 0 Å². The molecule has 0 aliphatic heterocycles. The number of carbonyl (C=O) groups excluding carboxylic acids is 1. The van der Waals surface area contributed by atoms with Gasteiger partial charge in [-0.1, -0.05) is 12.5 Å². The van der Waals surface area contributed by atoms with Crippen LogP contribution in [0.1, 0.15) is 58.3 Å². The molecular weight excluding hydrogens is 260 g/mol. The fraction of sp³-hybridized carbons (Fsp3) is 0.842. The Morgan fingerprint density at radius 2 is 1.95 bits per heavy atom. The first kappa shape index (κ1) is 14.0. The molecule has 2 heteroatoms. The van der Waals surface area contributed by atoms with Crippen molar-refractivity contribution in [1.82, 2.24) is 0 Å². The normalized spacial score (nSPS) is 49.1. The van der Waals surface area contributed by atoms with E-state index in [9.17, 15) is 4.79 Å². The summed E-state index contributed by atoms with van der Waals surface area (Å²) >= 11 is 0. The topological polar surface area (TPSA) is 26.3 Å². The first-order valence-electron chi connectivity index (χ1n) is 8.89. The summed E-state index contributed by atoms with van der Waals surface area (Å²) in [4.78, 5) is 11.7. The zero-order valence-electron chi connectivity index (χ0n) is 13.4. The van der Waals surface area contributed by atoms with E-state index in [4.69, 9.17) is 4.74 Å². The molecule has 4 aliphatic rings. The van der Waals surface area contributed by atoms with Gasteiger partial charge in [-0.3, -0.25) is 4.79 Å². The molecule has 4 rings (SSSR count). The molecule has 0 radical (unpaired) electrons. The van der Waals surface area contributed by atoms with Crippen molar-refractivity contribution in [2.24, 2.45) is 29.1 Å². The molecule has 0 heterocycles. The van der Waals surface area contributed by atoms with Crippen molar-refractivity contribution >= 4 is 5.78 Å². The van der Waals surface area contributed by atoms with Crippen LogP contribution in [0.5, 0.6) is 0 Å². The minimum atomic E-state index is 0.376. The summed E-state index contributed by atoms with van der Waals surface area (Å²) in [6, 6.07) is 0. The van der Waals surface area contributed by atoms with Crippen LogP contribution >= 0.6 is 0 Å². The molecule has 0 saturated heterocycles. The van der Waals surface area contributed by atoms with Crippen molar-refractivity contribution in [3.05, 3.63) is 11.6 Å². The number of rotatable bonds is 1. The second-order valence-electron chi connectivity index (χ2n) is 8.15. The van der Waals surface area contributed by atoms with Gasteiger partial charge in [0.05, 0.1) is 6.10 Å². The predicted molar refractivity (Wildman–Crippen MR) is 82.9 cm³/mol. The van der Waals surface area contributed by atoms with Gasteiger partial charge in [-0.25, -0.2) is 0 Å². The lowest BCUT2D eigenvalue weighted by atomic mass is 9.52. The van der Waals surface area contributed by atoms with Gasteiger partial charge in [0.1, 0.15) is 0 Å². The van der Waals surface area contributed by atoms with E-state index >= 15 is 0 Å². The SMILES string of the molecule is CO[C@H]1CC[C@H]2[C@@H]3CCC4=CC(=O)CC[C@@H]4[C@H]3CC[C@]12C. The summed E-state index contributed by atoms with van der Waals surface area (Å²) < 4.78 is 5.83. The van der Waals surface area contributed by atoms with Gasteiger partial charge in [0.2, 0.25) is 0 Å². The van der Waals surface area contributed by atoms with Crippen molar-refractivity contribution in [3.8, 4) is 0 Å². The first-order chi connectivity index (χ1) is 10.1. The van der Waals surface area contributed by atoms with Crippen LogP contribution in [-0.2, 0) is 9.53 Å². The van der Waals surface area contributed by atoms with Crippen LogP contribution in [0.25, 0.3) is 0 Å². The van der Waals surface area contributed by atoms with Crippen LogP contribution in [-0.4, -0.2) is 19.0 Å². The second kappa shape index (κ2) is 4.94. The predicted octanol–water partition coefficient (Wildman–Crippen LogP) is 4.14. The van der Waals surface area contributed by atoms with Crippen molar-refractivity contribution in [1.29, 1.82) is 0 Å². The molecule has 0 spiro atoms. The molecule has 21 heavy (non-hydrogen) atoms. The molecule has 0 N–H and O–H groups in total. The average molecular weight is 288 g/mol. The minimum absolute atomic E-state index is 0.376. The lowest BCUT2D eigenvalue weighted by molar-refractivity contribution is -0.116.